The third kappa shape index (κ3) is 7.49. The van der Waals surface area contributed by atoms with Crippen LogP contribution in [0.2, 0.25) is 0 Å². The Kier molecular flexibility index (Phi) is 10.7. The van der Waals surface area contributed by atoms with Crippen LogP contribution < -0.4 is 15.4 Å². The van der Waals surface area contributed by atoms with Crippen molar-refractivity contribution in [2.24, 2.45) is 0 Å². The molecular weight excluding hydrogens is 792 g/mol. The van der Waals surface area contributed by atoms with Gasteiger partial charge >= 0.3 is 18.4 Å². The predicted molar refractivity (Wildman–Crippen MR) is 194 cm³/mol. The molecule has 0 radical (unpaired) electrons. The van der Waals surface area contributed by atoms with E-state index in [1.165, 1.54) is 0 Å². The van der Waals surface area contributed by atoms with Gasteiger partial charge in [0.15, 0.2) is 5.82 Å². The molecular formula is C37H37F9N8O2S. The molecule has 0 spiro atoms. The van der Waals surface area contributed by atoms with Crippen molar-refractivity contribution in [3.05, 3.63) is 41.0 Å². The second-order valence-corrected chi connectivity index (χ2v) is 15.9. The molecule has 4 unspecified atom stereocenters. The number of nitrogens with two attached hydrogens (primary N) is 1. The Balaban J connectivity index is 1.39. The van der Waals surface area contributed by atoms with E-state index < -0.39 is 82.5 Å². The fourth-order valence-corrected chi connectivity index (χ4v) is 9.78. The molecule has 10 nitrogen and oxygen atoms in total. The lowest BCUT2D eigenvalue weighted by Gasteiger charge is -2.32. The Morgan fingerprint density at radius 1 is 1.18 bits per heavy atom. The minimum absolute atomic E-state index is 0.0843. The second kappa shape index (κ2) is 15.0. The summed E-state index contributed by atoms with van der Waals surface area (Å²) in [5.41, 5.74) is 1.41. The molecule has 57 heavy (non-hydrogen) atoms. The number of anilines is 2. The SMILES string of the molecule is CCN(c1nc(OCC23CCCN2CC(F)C3)nc2c(F)c(-c3ccc(F)c4sc(N)c(C#N)c34)c(C(F)(F)F)cc12)C1CC(CN(C=O)CC(F)(F)F)N(C)C1. The molecule has 0 aliphatic carbocycles. The van der Waals surface area contributed by atoms with Gasteiger partial charge in [-0.25, -0.2) is 13.2 Å². The number of fused-ring (bicyclic) bond motifs is 3. The maximum Gasteiger partial charge on any atom is 0.417 e. The van der Waals surface area contributed by atoms with Crippen molar-refractivity contribution in [1.29, 1.82) is 5.26 Å². The summed E-state index contributed by atoms with van der Waals surface area (Å²) >= 11 is 0.633. The van der Waals surface area contributed by atoms with Crippen molar-refractivity contribution < 1.29 is 49.0 Å². The van der Waals surface area contributed by atoms with Gasteiger partial charge in [0.05, 0.1) is 21.4 Å². The standard InChI is InChI=1S/C37H37F9N8O2S/c1-3-54(21-9-20(51(2)14-21)15-52(18-55)16-36(41,42)43)33-23-10-25(37(44,45)46)28(22-5-6-26(39)31-27(22)24(12-47)32(48)57-31)29(40)30(23)49-34(50-33)56-17-35-7-4-8-53(35)13-19(38)11-35/h5-6,10,18-21H,3-4,7-9,11,13-17,48H2,1-2H3. The number of aromatic nitrogens is 2. The fraction of sp³-hybridized carbons (Fsp3) is 0.514. The van der Waals surface area contributed by atoms with E-state index in [-0.39, 0.29) is 83.9 Å². The zero-order valence-electron chi connectivity index (χ0n) is 30.7. The van der Waals surface area contributed by atoms with E-state index in [9.17, 15) is 27.6 Å². The highest BCUT2D eigenvalue weighted by Crippen LogP contribution is 2.48. The Morgan fingerprint density at radius 2 is 1.93 bits per heavy atom. The van der Waals surface area contributed by atoms with Crippen LogP contribution in [0.15, 0.2) is 18.2 Å². The van der Waals surface area contributed by atoms with Gasteiger partial charge in [-0.1, -0.05) is 6.07 Å². The van der Waals surface area contributed by atoms with Crippen molar-refractivity contribution in [3.8, 4) is 23.2 Å². The van der Waals surface area contributed by atoms with Gasteiger partial charge in [0.1, 0.15) is 47.5 Å². The van der Waals surface area contributed by atoms with E-state index in [4.69, 9.17) is 10.5 Å². The van der Waals surface area contributed by atoms with E-state index in [1.54, 1.807) is 29.8 Å². The minimum atomic E-state index is -5.21. The Labute approximate surface area is 324 Å². The van der Waals surface area contributed by atoms with Gasteiger partial charge in [-0.15, -0.1) is 11.3 Å². The van der Waals surface area contributed by atoms with Crippen molar-refractivity contribution in [3.63, 3.8) is 0 Å². The molecule has 4 aromatic rings. The summed E-state index contributed by atoms with van der Waals surface area (Å²) in [5, 5.41) is 9.03. The molecule has 20 heteroatoms. The number of nitrogens with zero attached hydrogens (tertiary/aromatic N) is 7. The number of likely N-dealkylation sites (tertiary alicyclic amines) is 1. The number of thiophene rings is 1. The maximum absolute atomic E-state index is 17.3. The van der Waals surface area contributed by atoms with Gasteiger partial charge in [-0.2, -0.15) is 41.6 Å². The molecule has 3 saturated heterocycles. The molecule has 2 N–H and O–H groups in total. The van der Waals surface area contributed by atoms with E-state index in [0.717, 1.165) is 18.6 Å². The monoisotopic (exact) mass is 828 g/mol. The molecule has 2 aromatic heterocycles. The summed E-state index contributed by atoms with van der Waals surface area (Å²) in [7, 11) is 1.64. The fourth-order valence-electron chi connectivity index (χ4n) is 8.83. The Bertz CT molecular complexity index is 2250. The molecule has 3 aliphatic heterocycles. The number of likely N-dealkylation sites (N-methyl/N-ethyl adjacent to an activating group) is 2. The molecule has 7 rings (SSSR count). The van der Waals surface area contributed by atoms with Gasteiger partial charge in [0, 0.05) is 61.0 Å². The second-order valence-electron chi connectivity index (χ2n) is 14.9. The lowest BCUT2D eigenvalue weighted by molar-refractivity contribution is -0.155. The van der Waals surface area contributed by atoms with Gasteiger partial charge < -0.3 is 20.3 Å². The molecule has 0 bridgehead atoms. The van der Waals surface area contributed by atoms with Gasteiger partial charge in [-0.3, -0.25) is 14.6 Å². The van der Waals surface area contributed by atoms with Crippen LogP contribution in [-0.4, -0.2) is 114 Å². The average Bonchev–Trinajstić information content (AvgIpc) is 3.87. The molecule has 1 amide bonds. The number of alkyl halides is 7. The van der Waals surface area contributed by atoms with E-state index in [1.807, 2.05) is 4.90 Å². The summed E-state index contributed by atoms with van der Waals surface area (Å²) in [4.78, 5) is 26.3. The van der Waals surface area contributed by atoms with Gasteiger partial charge in [-0.05, 0) is 57.5 Å². The number of hydrogen-bond acceptors (Lipinski definition) is 10. The Hall–Kier alpha value is -4.61. The van der Waals surface area contributed by atoms with Crippen molar-refractivity contribution in [2.45, 2.75) is 68.8 Å². The molecule has 306 valence electrons. The van der Waals surface area contributed by atoms with Gasteiger partial charge in [0.25, 0.3) is 0 Å². The molecule has 5 heterocycles. The number of hydrogen-bond donors (Lipinski definition) is 1. The first kappa shape index (κ1) is 40.6. The summed E-state index contributed by atoms with van der Waals surface area (Å²) in [6.45, 7) is 0.895. The third-order valence-corrected chi connectivity index (χ3v) is 12.3. The number of halogens is 9. The van der Waals surface area contributed by atoms with Crippen molar-refractivity contribution in [1.82, 2.24) is 24.7 Å². The maximum atomic E-state index is 17.3. The molecule has 0 saturated carbocycles. The van der Waals surface area contributed by atoms with Crippen LogP contribution in [0.3, 0.4) is 0 Å². The summed E-state index contributed by atoms with van der Waals surface area (Å²) in [5.74, 6) is -2.50. The average molecular weight is 829 g/mol. The molecule has 4 atom stereocenters. The first-order chi connectivity index (χ1) is 26.9. The van der Waals surface area contributed by atoms with Crippen LogP contribution in [0.4, 0.5) is 50.3 Å². The van der Waals surface area contributed by atoms with E-state index >= 15 is 22.0 Å². The highest BCUT2D eigenvalue weighted by atomic mass is 32.1. The molecule has 3 aliphatic rings. The number of ether oxygens (including phenoxy) is 1. The number of nitrogen functional groups attached to an aromatic ring is 1. The topological polar surface area (TPSA) is 115 Å². The lowest BCUT2D eigenvalue weighted by atomic mass is 9.92. The largest absolute Gasteiger partial charge is 0.461 e. The summed E-state index contributed by atoms with van der Waals surface area (Å²) < 4.78 is 138. The number of carbonyl (C=O) groups is 1. The zero-order valence-corrected chi connectivity index (χ0v) is 31.5. The first-order valence-corrected chi connectivity index (χ1v) is 19.0. The van der Waals surface area contributed by atoms with Crippen LogP contribution in [0.1, 0.15) is 43.7 Å². The number of amides is 1. The highest BCUT2D eigenvalue weighted by Gasteiger charge is 2.50. The first-order valence-electron chi connectivity index (χ1n) is 18.1. The number of benzene rings is 2. The van der Waals surface area contributed by atoms with Crippen molar-refractivity contribution >= 4 is 49.6 Å². The molecule has 2 aromatic carbocycles. The summed E-state index contributed by atoms with van der Waals surface area (Å²) in [6.07, 6.45) is -9.19. The van der Waals surface area contributed by atoms with Crippen LogP contribution >= 0.6 is 11.3 Å². The quantitative estimate of drug-likeness (QED) is 0.125. The lowest BCUT2D eigenvalue weighted by Crippen LogP contribution is -2.43. The molecule has 3 fully saturated rings. The number of rotatable bonds is 11. The third-order valence-electron chi connectivity index (χ3n) is 11.3. The van der Waals surface area contributed by atoms with E-state index in [0.29, 0.717) is 35.3 Å². The number of carbonyl (C=O) groups excluding carboxylic acids is 1. The number of nitriles is 1. The zero-order chi connectivity index (χ0) is 41.2. The van der Waals surface area contributed by atoms with Crippen LogP contribution in [0.25, 0.3) is 32.1 Å². The van der Waals surface area contributed by atoms with Crippen molar-refractivity contribution in [2.75, 3.05) is 63.6 Å². The van der Waals surface area contributed by atoms with Gasteiger partial charge in [0.2, 0.25) is 6.41 Å². The van der Waals surface area contributed by atoms with Crippen LogP contribution in [-0.2, 0) is 11.0 Å². The van der Waals surface area contributed by atoms with Crippen LogP contribution in [0, 0.1) is 23.0 Å². The smallest absolute Gasteiger partial charge is 0.417 e. The highest BCUT2D eigenvalue weighted by molar-refractivity contribution is 7.23. The summed E-state index contributed by atoms with van der Waals surface area (Å²) in [6, 6.07) is 2.68. The predicted octanol–water partition coefficient (Wildman–Crippen LogP) is 7.14. The minimum Gasteiger partial charge on any atom is -0.461 e. The Morgan fingerprint density at radius 3 is 2.60 bits per heavy atom. The van der Waals surface area contributed by atoms with Crippen LogP contribution in [0.5, 0.6) is 6.01 Å². The normalized spacial score (nSPS) is 23.0. The van der Waals surface area contributed by atoms with E-state index in [2.05, 4.69) is 9.97 Å².